The van der Waals surface area contributed by atoms with Gasteiger partial charge in [-0.15, -0.1) is 17.9 Å². The number of rotatable bonds is 7. The van der Waals surface area contributed by atoms with Gasteiger partial charge in [0.1, 0.15) is 5.75 Å². The van der Waals surface area contributed by atoms with Crippen molar-refractivity contribution in [3.63, 3.8) is 0 Å². The van der Waals surface area contributed by atoms with Crippen molar-refractivity contribution < 1.29 is 9.53 Å². The van der Waals surface area contributed by atoms with Gasteiger partial charge in [-0.3, -0.25) is 9.69 Å². The molecule has 1 heterocycles. The first-order valence-electron chi connectivity index (χ1n) is 7.98. The van der Waals surface area contributed by atoms with E-state index >= 15 is 0 Å². The van der Waals surface area contributed by atoms with Crippen LogP contribution < -0.4 is 9.64 Å². The molecule has 0 saturated heterocycles. The van der Waals surface area contributed by atoms with E-state index < -0.39 is 0 Å². The molecule has 2 aromatic carbocycles. The van der Waals surface area contributed by atoms with E-state index in [9.17, 15) is 4.79 Å². The molecule has 6 heteroatoms. The lowest BCUT2D eigenvalue weighted by Gasteiger charge is -2.18. The zero-order chi connectivity index (χ0) is 18.4. The fourth-order valence-corrected chi connectivity index (χ4v) is 3.29. The highest BCUT2D eigenvalue weighted by Gasteiger charge is 2.19. The molecule has 0 radical (unpaired) electrons. The second-order valence-electron chi connectivity index (χ2n) is 5.42. The third-order valence-electron chi connectivity index (χ3n) is 3.58. The lowest BCUT2D eigenvalue weighted by molar-refractivity contribution is -0.120. The summed E-state index contributed by atoms with van der Waals surface area (Å²) in [6.45, 7) is 4.01. The number of aromatic nitrogens is 1. The van der Waals surface area contributed by atoms with Crippen LogP contribution in [0.15, 0.2) is 72.6 Å². The van der Waals surface area contributed by atoms with E-state index in [1.54, 1.807) is 35.2 Å². The predicted molar refractivity (Wildman–Crippen MR) is 107 cm³/mol. The van der Waals surface area contributed by atoms with Crippen molar-refractivity contribution >= 4 is 34.0 Å². The van der Waals surface area contributed by atoms with E-state index in [1.165, 1.54) is 11.3 Å². The van der Waals surface area contributed by atoms with Crippen LogP contribution in [0.2, 0.25) is 5.02 Å². The quantitative estimate of drug-likeness (QED) is 0.534. The molecular formula is C20H17ClN2O2S. The number of benzene rings is 2. The zero-order valence-electron chi connectivity index (χ0n) is 14.0. The molecule has 0 aliphatic rings. The van der Waals surface area contributed by atoms with Gasteiger partial charge in [-0.05, 0) is 24.3 Å². The van der Waals surface area contributed by atoms with Crippen molar-refractivity contribution in [3.8, 4) is 17.0 Å². The van der Waals surface area contributed by atoms with Gasteiger partial charge in [-0.1, -0.05) is 48.0 Å². The highest BCUT2D eigenvalue weighted by Crippen LogP contribution is 2.27. The highest BCUT2D eigenvalue weighted by atomic mass is 35.5. The largest absolute Gasteiger partial charge is 0.484 e. The fraction of sp³-hybridized carbons (Fsp3) is 0.100. The molecule has 132 valence electrons. The Kier molecular flexibility index (Phi) is 6.04. The first-order chi connectivity index (χ1) is 12.7. The Bertz CT molecular complexity index is 878. The van der Waals surface area contributed by atoms with E-state index in [0.29, 0.717) is 22.4 Å². The van der Waals surface area contributed by atoms with Crippen LogP contribution in [-0.4, -0.2) is 24.0 Å². The minimum atomic E-state index is -0.186. The first kappa shape index (κ1) is 18.2. The standard InChI is InChI=1S/C20H17ClN2O2S/c1-2-12-23(19(24)13-25-17-10-8-16(21)9-11-17)20-22-18(14-26-20)15-6-4-3-5-7-15/h2-11,14H,1,12-13H2. The second-order valence-corrected chi connectivity index (χ2v) is 6.69. The molecule has 0 bridgehead atoms. The van der Waals surface area contributed by atoms with Gasteiger partial charge >= 0.3 is 0 Å². The molecular weight excluding hydrogens is 368 g/mol. The molecule has 0 fully saturated rings. The lowest BCUT2D eigenvalue weighted by Crippen LogP contribution is -2.35. The van der Waals surface area contributed by atoms with Crippen LogP contribution in [0.25, 0.3) is 11.3 Å². The SMILES string of the molecule is C=CCN(C(=O)COc1ccc(Cl)cc1)c1nc(-c2ccccc2)cs1. The van der Waals surface area contributed by atoms with Gasteiger partial charge in [0.25, 0.3) is 5.91 Å². The summed E-state index contributed by atoms with van der Waals surface area (Å²) in [5, 5.41) is 3.18. The maximum Gasteiger partial charge on any atom is 0.266 e. The zero-order valence-corrected chi connectivity index (χ0v) is 15.5. The Morgan fingerprint density at radius 1 is 1.19 bits per heavy atom. The summed E-state index contributed by atoms with van der Waals surface area (Å²) in [4.78, 5) is 18.8. The average Bonchev–Trinajstić information content (AvgIpc) is 3.16. The van der Waals surface area contributed by atoms with Gasteiger partial charge in [-0.2, -0.15) is 0 Å². The maximum atomic E-state index is 12.6. The Morgan fingerprint density at radius 2 is 1.92 bits per heavy atom. The number of anilines is 1. The molecule has 26 heavy (non-hydrogen) atoms. The van der Waals surface area contributed by atoms with Gasteiger partial charge in [0.2, 0.25) is 0 Å². The van der Waals surface area contributed by atoms with Crippen molar-refractivity contribution in [3.05, 3.63) is 77.7 Å². The van der Waals surface area contributed by atoms with Gasteiger partial charge in [-0.25, -0.2) is 4.98 Å². The summed E-state index contributed by atoms with van der Waals surface area (Å²) in [7, 11) is 0. The topological polar surface area (TPSA) is 42.4 Å². The van der Waals surface area contributed by atoms with Crippen LogP contribution in [-0.2, 0) is 4.79 Å². The number of hydrogen-bond acceptors (Lipinski definition) is 4. The normalized spacial score (nSPS) is 10.3. The van der Waals surface area contributed by atoms with Crippen LogP contribution in [0.3, 0.4) is 0 Å². The van der Waals surface area contributed by atoms with E-state index in [-0.39, 0.29) is 12.5 Å². The summed E-state index contributed by atoms with van der Waals surface area (Å²) in [5.74, 6) is 0.402. The Morgan fingerprint density at radius 3 is 2.62 bits per heavy atom. The first-order valence-corrected chi connectivity index (χ1v) is 9.23. The van der Waals surface area contributed by atoms with Crippen LogP contribution in [0.5, 0.6) is 5.75 Å². The predicted octanol–water partition coefficient (Wildman–Crippen LogP) is 5.06. The summed E-state index contributed by atoms with van der Waals surface area (Å²) < 4.78 is 5.56. The molecule has 1 amide bonds. The van der Waals surface area contributed by atoms with E-state index in [2.05, 4.69) is 11.6 Å². The Balaban J connectivity index is 1.72. The second kappa shape index (κ2) is 8.65. The number of halogens is 1. The fourth-order valence-electron chi connectivity index (χ4n) is 2.30. The van der Waals surface area contributed by atoms with Crippen molar-refractivity contribution in [1.82, 2.24) is 4.98 Å². The molecule has 0 unspecified atom stereocenters. The molecule has 1 aromatic heterocycles. The Hall–Kier alpha value is -2.63. The molecule has 4 nitrogen and oxygen atoms in total. The summed E-state index contributed by atoms with van der Waals surface area (Å²) in [5.41, 5.74) is 1.85. The maximum absolute atomic E-state index is 12.6. The third kappa shape index (κ3) is 4.50. The number of amides is 1. The summed E-state index contributed by atoms with van der Waals surface area (Å²) in [6.07, 6.45) is 1.67. The Labute approximate surface area is 161 Å². The van der Waals surface area contributed by atoms with Crippen LogP contribution in [0, 0.1) is 0 Å². The molecule has 3 rings (SSSR count). The third-order valence-corrected chi connectivity index (χ3v) is 4.70. The van der Waals surface area contributed by atoms with E-state index in [1.807, 2.05) is 35.7 Å². The lowest BCUT2D eigenvalue weighted by atomic mass is 10.2. The minimum Gasteiger partial charge on any atom is -0.484 e. The number of ether oxygens (including phenoxy) is 1. The number of thiazole rings is 1. The summed E-state index contributed by atoms with van der Waals surface area (Å²) in [6, 6.07) is 16.7. The number of hydrogen-bond donors (Lipinski definition) is 0. The number of nitrogens with zero attached hydrogens (tertiary/aromatic N) is 2. The molecule has 0 spiro atoms. The number of carbonyl (C=O) groups is 1. The molecule has 0 saturated carbocycles. The van der Waals surface area contributed by atoms with Crippen molar-refractivity contribution in [2.75, 3.05) is 18.1 Å². The van der Waals surface area contributed by atoms with Crippen LogP contribution in [0.1, 0.15) is 0 Å². The van der Waals surface area contributed by atoms with Crippen molar-refractivity contribution in [2.45, 2.75) is 0 Å². The van der Waals surface area contributed by atoms with Crippen molar-refractivity contribution in [2.24, 2.45) is 0 Å². The van der Waals surface area contributed by atoms with E-state index in [4.69, 9.17) is 16.3 Å². The average molecular weight is 385 g/mol. The number of carbonyl (C=O) groups excluding carboxylic acids is 1. The van der Waals surface area contributed by atoms with Gasteiger partial charge in [0.05, 0.1) is 5.69 Å². The summed E-state index contributed by atoms with van der Waals surface area (Å²) >= 11 is 7.27. The van der Waals surface area contributed by atoms with Gasteiger partial charge in [0.15, 0.2) is 11.7 Å². The minimum absolute atomic E-state index is 0.0876. The smallest absolute Gasteiger partial charge is 0.266 e. The van der Waals surface area contributed by atoms with Crippen LogP contribution >= 0.6 is 22.9 Å². The molecule has 0 N–H and O–H groups in total. The van der Waals surface area contributed by atoms with E-state index in [0.717, 1.165) is 11.3 Å². The van der Waals surface area contributed by atoms with Gasteiger partial charge < -0.3 is 4.74 Å². The van der Waals surface area contributed by atoms with Gasteiger partial charge in [0, 0.05) is 22.5 Å². The molecule has 0 aliphatic carbocycles. The highest BCUT2D eigenvalue weighted by molar-refractivity contribution is 7.14. The molecule has 0 aliphatic heterocycles. The van der Waals surface area contributed by atoms with Crippen molar-refractivity contribution in [1.29, 1.82) is 0 Å². The van der Waals surface area contributed by atoms with Crippen LogP contribution in [0.4, 0.5) is 5.13 Å². The monoisotopic (exact) mass is 384 g/mol. The molecule has 3 aromatic rings. The molecule has 0 atom stereocenters.